The van der Waals surface area contributed by atoms with Crippen molar-refractivity contribution in [3.05, 3.63) is 47.4 Å². The second-order valence-electron chi connectivity index (χ2n) is 5.22. The first-order chi connectivity index (χ1) is 10.9. The van der Waals surface area contributed by atoms with Crippen molar-refractivity contribution >= 4 is 29.3 Å². The van der Waals surface area contributed by atoms with Crippen LogP contribution >= 0.6 is 11.8 Å². The van der Waals surface area contributed by atoms with Crippen molar-refractivity contribution in [2.75, 3.05) is 5.32 Å². The number of hydrogen-bond donors (Lipinski definition) is 2. The van der Waals surface area contributed by atoms with Crippen LogP contribution in [0.15, 0.2) is 39.6 Å². The van der Waals surface area contributed by atoms with E-state index in [1.807, 2.05) is 24.3 Å². The maximum atomic E-state index is 12.3. The van der Waals surface area contributed by atoms with Crippen molar-refractivity contribution < 1.29 is 19.1 Å². The number of carbonyl (C=O) groups excluding carboxylic acids is 1. The van der Waals surface area contributed by atoms with Gasteiger partial charge in [-0.05, 0) is 12.1 Å². The van der Waals surface area contributed by atoms with E-state index >= 15 is 0 Å². The molecule has 0 aliphatic rings. The Morgan fingerprint density at radius 3 is 2.57 bits per heavy atom. The first-order valence-electron chi connectivity index (χ1n) is 7.35. The molecule has 0 spiro atoms. The largest absolute Gasteiger partial charge is 0.478 e. The highest BCUT2D eigenvalue weighted by molar-refractivity contribution is 8.00. The molecule has 0 saturated carbocycles. The highest BCUT2D eigenvalue weighted by Crippen LogP contribution is 2.30. The van der Waals surface area contributed by atoms with Crippen molar-refractivity contribution in [2.24, 2.45) is 0 Å². The summed E-state index contributed by atoms with van der Waals surface area (Å²) in [5, 5.41) is 12.3. The summed E-state index contributed by atoms with van der Waals surface area (Å²) in [4.78, 5) is 24.5. The lowest BCUT2D eigenvalue weighted by Crippen LogP contribution is -2.12. The van der Waals surface area contributed by atoms with Crippen LogP contribution in [0.1, 0.15) is 47.4 Å². The zero-order valence-corrected chi connectivity index (χ0v) is 14.1. The third kappa shape index (κ3) is 4.16. The van der Waals surface area contributed by atoms with E-state index in [0.717, 1.165) is 4.90 Å². The topological polar surface area (TPSA) is 79.5 Å². The summed E-state index contributed by atoms with van der Waals surface area (Å²) in [6.07, 6.45) is 0.411. The van der Waals surface area contributed by atoms with Crippen molar-refractivity contribution in [1.29, 1.82) is 0 Å². The molecule has 1 aromatic carbocycles. The van der Waals surface area contributed by atoms with E-state index in [0.29, 0.717) is 23.1 Å². The molecule has 0 aliphatic heterocycles. The number of hydrogen-bond acceptors (Lipinski definition) is 4. The summed E-state index contributed by atoms with van der Waals surface area (Å²) in [7, 11) is 0. The molecule has 122 valence electrons. The lowest BCUT2D eigenvalue weighted by atomic mass is 10.2. The van der Waals surface area contributed by atoms with Gasteiger partial charge in [-0.2, -0.15) is 0 Å². The minimum Gasteiger partial charge on any atom is -0.478 e. The molecule has 0 unspecified atom stereocenters. The second-order valence-corrected chi connectivity index (χ2v) is 6.84. The lowest BCUT2D eigenvalue weighted by molar-refractivity contribution is 0.0694. The van der Waals surface area contributed by atoms with Crippen LogP contribution in [0.25, 0.3) is 0 Å². The van der Waals surface area contributed by atoms with Crippen LogP contribution in [0, 0.1) is 0 Å². The van der Waals surface area contributed by atoms with Crippen molar-refractivity contribution in [3.63, 3.8) is 0 Å². The molecular weight excluding hydrogens is 314 g/mol. The maximum Gasteiger partial charge on any atom is 0.339 e. The van der Waals surface area contributed by atoms with Gasteiger partial charge in [0.15, 0.2) is 5.76 Å². The van der Waals surface area contributed by atoms with E-state index in [4.69, 9.17) is 9.52 Å². The van der Waals surface area contributed by atoms with Crippen molar-refractivity contribution in [3.8, 4) is 0 Å². The van der Waals surface area contributed by atoms with Gasteiger partial charge < -0.3 is 14.8 Å². The summed E-state index contributed by atoms with van der Waals surface area (Å²) in [6.45, 7) is 5.92. The highest BCUT2D eigenvalue weighted by Gasteiger charge is 2.20. The predicted molar refractivity (Wildman–Crippen MR) is 90.4 cm³/mol. The molecule has 5 nitrogen and oxygen atoms in total. The van der Waals surface area contributed by atoms with Gasteiger partial charge in [-0.15, -0.1) is 11.8 Å². The summed E-state index contributed by atoms with van der Waals surface area (Å²) in [5.74, 6) is -1.25. The Balaban J connectivity index is 2.24. The molecule has 0 radical (unpaired) electrons. The minimum absolute atomic E-state index is 0.00333. The van der Waals surface area contributed by atoms with Gasteiger partial charge in [0, 0.05) is 22.6 Å². The van der Waals surface area contributed by atoms with Crippen LogP contribution in [0.4, 0.5) is 5.69 Å². The molecule has 1 aromatic heterocycles. The summed E-state index contributed by atoms with van der Waals surface area (Å²) < 4.78 is 5.38. The molecule has 2 aromatic rings. The highest BCUT2D eigenvalue weighted by atomic mass is 32.2. The summed E-state index contributed by atoms with van der Waals surface area (Å²) >= 11 is 1.64. The van der Waals surface area contributed by atoms with Crippen LogP contribution in [0.3, 0.4) is 0 Å². The number of nitrogens with one attached hydrogen (secondary N) is 1. The van der Waals surface area contributed by atoms with Crippen molar-refractivity contribution in [2.45, 2.75) is 37.3 Å². The standard InChI is InChI=1S/C17H19NO4S/c1-4-13-11(17(20)21)9-14(22-13)16(19)18-12-7-5-6-8-15(12)23-10(2)3/h5-10H,4H2,1-3H3,(H,18,19)(H,20,21). The Labute approximate surface area is 139 Å². The van der Waals surface area contributed by atoms with Gasteiger partial charge in [0.1, 0.15) is 11.3 Å². The number of carboxylic acid groups (broad SMARTS) is 1. The van der Waals surface area contributed by atoms with E-state index in [-0.39, 0.29) is 11.3 Å². The zero-order chi connectivity index (χ0) is 17.0. The van der Waals surface area contributed by atoms with Crippen LogP contribution in [0.5, 0.6) is 0 Å². The fourth-order valence-electron chi connectivity index (χ4n) is 2.09. The smallest absolute Gasteiger partial charge is 0.339 e. The monoisotopic (exact) mass is 333 g/mol. The van der Waals surface area contributed by atoms with Crippen LogP contribution in [-0.4, -0.2) is 22.2 Å². The van der Waals surface area contributed by atoms with Gasteiger partial charge in [0.2, 0.25) is 0 Å². The number of aromatic carboxylic acids is 1. The fraction of sp³-hybridized carbons (Fsp3) is 0.294. The number of carbonyl (C=O) groups is 2. The number of para-hydroxylation sites is 1. The first-order valence-corrected chi connectivity index (χ1v) is 8.23. The van der Waals surface area contributed by atoms with Crippen LogP contribution < -0.4 is 5.32 Å². The van der Waals surface area contributed by atoms with E-state index < -0.39 is 11.9 Å². The molecule has 6 heteroatoms. The Kier molecular flexibility index (Phi) is 5.50. The van der Waals surface area contributed by atoms with Gasteiger partial charge >= 0.3 is 5.97 Å². The number of rotatable bonds is 6. The van der Waals surface area contributed by atoms with Gasteiger partial charge in [-0.25, -0.2) is 4.79 Å². The Morgan fingerprint density at radius 2 is 2.00 bits per heavy atom. The quantitative estimate of drug-likeness (QED) is 0.771. The van der Waals surface area contributed by atoms with E-state index in [1.54, 1.807) is 18.7 Å². The molecule has 1 heterocycles. The molecule has 2 rings (SSSR count). The number of aryl methyl sites for hydroxylation is 1. The predicted octanol–water partition coefficient (Wildman–Crippen LogP) is 4.29. The average Bonchev–Trinajstić information content (AvgIpc) is 2.93. The lowest BCUT2D eigenvalue weighted by Gasteiger charge is -2.11. The minimum atomic E-state index is -1.10. The van der Waals surface area contributed by atoms with Gasteiger partial charge in [0.05, 0.1) is 5.69 Å². The Bertz CT molecular complexity index is 721. The van der Waals surface area contributed by atoms with Crippen molar-refractivity contribution in [1.82, 2.24) is 0 Å². The molecule has 0 saturated heterocycles. The fourth-order valence-corrected chi connectivity index (χ4v) is 3.01. The number of furan rings is 1. The van der Waals surface area contributed by atoms with Gasteiger partial charge in [0.25, 0.3) is 5.91 Å². The average molecular weight is 333 g/mol. The van der Waals surface area contributed by atoms with Crippen LogP contribution in [-0.2, 0) is 6.42 Å². The SMILES string of the molecule is CCc1oc(C(=O)Nc2ccccc2SC(C)C)cc1C(=O)O. The molecular formula is C17H19NO4S. The zero-order valence-electron chi connectivity index (χ0n) is 13.3. The van der Waals surface area contributed by atoms with E-state index in [2.05, 4.69) is 19.2 Å². The third-order valence-corrected chi connectivity index (χ3v) is 4.16. The number of anilines is 1. The number of benzene rings is 1. The normalized spacial score (nSPS) is 10.8. The number of thioether (sulfide) groups is 1. The van der Waals surface area contributed by atoms with Gasteiger partial charge in [-0.1, -0.05) is 32.9 Å². The van der Waals surface area contributed by atoms with Gasteiger partial charge in [-0.3, -0.25) is 4.79 Å². The van der Waals surface area contributed by atoms with E-state index in [9.17, 15) is 9.59 Å². The molecule has 23 heavy (non-hydrogen) atoms. The molecule has 0 aliphatic carbocycles. The summed E-state index contributed by atoms with van der Waals surface area (Å²) in [6, 6.07) is 8.76. The molecule has 0 fully saturated rings. The molecule has 2 N–H and O–H groups in total. The van der Waals surface area contributed by atoms with E-state index in [1.165, 1.54) is 6.07 Å². The Morgan fingerprint density at radius 1 is 1.30 bits per heavy atom. The second kappa shape index (κ2) is 7.37. The molecule has 0 atom stereocenters. The Hall–Kier alpha value is -2.21. The first kappa shape index (κ1) is 17.1. The van der Waals surface area contributed by atoms with Crippen LogP contribution in [0.2, 0.25) is 0 Å². The maximum absolute atomic E-state index is 12.3. The summed E-state index contributed by atoms with van der Waals surface area (Å²) in [5.41, 5.74) is 0.713. The number of amides is 1. The molecule has 1 amide bonds. The number of carboxylic acids is 1. The molecule has 0 bridgehead atoms. The third-order valence-electron chi connectivity index (χ3n) is 3.08.